The van der Waals surface area contributed by atoms with Gasteiger partial charge in [0.2, 0.25) is 0 Å². The van der Waals surface area contributed by atoms with Gasteiger partial charge in [-0.25, -0.2) is 0 Å². The van der Waals surface area contributed by atoms with Crippen LogP contribution in [0.1, 0.15) is 34.1 Å². The molecule has 2 N–H and O–H groups in total. The molecule has 0 aromatic heterocycles. The topological polar surface area (TPSA) is 79.9 Å². The minimum Gasteiger partial charge on any atom is -0.497 e. The average molecular weight is 385 g/mol. The van der Waals surface area contributed by atoms with Crippen molar-refractivity contribution in [3.63, 3.8) is 0 Å². The van der Waals surface area contributed by atoms with Crippen LogP contribution in [-0.2, 0) is 0 Å². The number of hydrogen-bond acceptors (Lipinski definition) is 5. The normalized spacial score (nSPS) is 10.2. The maximum atomic E-state index is 12.7. The van der Waals surface area contributed by atoms with Crippen LogP contribution in [-0.4, -0.2) is 46.7 Å². The van der Waals surface area contributed by atoms with Crippen LogP contribution >= 0.6 is 0 Å². The second kappa shape index (κ2) is 9.64. The highest BCUT2D eigenvalue weighted by molar-refractivity contribution is 6.06. The summed E-state index contributed by atoms with van der Waals surface area (Å²) in [6, 6.07) is 10.2. The standard InChI is InChI=1S/C21H27N3O4/c1-6-9-22-21(26)18-12-15(7-8-19(18)24(2)3)23-20(25)14-10-16(27-4)13-17(11-14)28-5/h7-8,10-13H,6,9H2,1-5H3,(H,22,26)(H,23,25). The van der Waals surface area contributed by atoms with Gasteiger partial charge in [-0.2, -0.15) is 0 Å². The largest absolute Gasteiger partial charge is 0.497 e. The maximum absolute atomic E-state index is 12.7. The first kappa shape index (κ1) is 21.1. The number of methoxy groups -OCH3 is 2. The summed E-state index contributed by atoms with van der Waals surface area (Å²) >= 11 is 0. The zero-order chi connectivity index (χ0) is 20.7. The van der Waals surface area contributed by atoms with Gasteiger partial charge in [-0.15, -0.1) is 0 Å². The molecule has 7 heteroatoms. The molecule has 150 valence electrons. The van der Waals surface area contributed by atoms with Crippen LogP contribution < -0.4 is 25.0 Å². The Hall–Kier alpha value is -3.22. The predicted octanol–water partition coefficient (Wildman–Crippen LogP) is 3.16. The molecule has 2 rings (SSSR count). The van der Waals surface area contributed by atoms with Crippen LogP contribution in [0.15, 0.2) is 36.4 Å². The molecular weight excluding hydrogens is 358 g/mol. The van der Waals surface area contributed by atoms with Crippen molar-refractivity contribution < 1.29 is 19.1 Å². The monoisotopic (exact) mass is 385 g/mol. The fraction of sp³-hybridized carbons (Fsp3) is 0.333. The highest BCUT2D eigenvalue weighted by Crippen LogP contribution is 2.25. The molecule has 28 heavy (non-hydrogen) atoms. The molecule has 0 radical (unpaired) electrons. The smallest absolute Gasteiger partial charge is 0.255 e. The number of carbonyl (C=O) groups excluding carboxylic acids is 2. The van der Waals surface area contributed by atoms with E-state index in [2.05, 4.69) is 10.6 Å². The Kier molecular flexibility index (Phi) is 7.26. The number of amides is 2. The van der Waals surface area contributed by atoms with Crippen molar-refractivity contribution in [3.05, 3.63) is 47.5 Å². The predicted molar refractivity (Wildman–Crippen MR) is 111 cm³/mol. The molecule has 0 atom stereocenters. The number of carbonyl (C=O) groups is 2. The van der Waals surface area contributed by atoms with Crippen LogP contribution in [0.4, 0.5) is 11.4 Å². The third kappa shape index (κ3) is 5.16. The van der Waals surface area contributed by atoms with E-state index >= 15 is 0 Å². The lowest BCUT2D eigenvalue weighted by Crippen LogP contribution is -2.26. The Morgan fingerprint density at radius 2 is 1.61 bits per heavy atom. The summed E-state index contributed by atoms with van der Waals surface area (Å²) in [5.41, 5.74) is 2.19. The van der Waals surface area contributed by atoms with Crippen molar-refractivity contribution in [2.24, 2.45) is 0 Å². The quantitative estimate of drug-likeness (QED) is 0.730. The van der Waals surface area contributed by atoms with Gasteiger partial charge in [0.05, 0.1) is 19.8 Å². The van der Waals surface area contributed by atoms with Gasteiger partial charge in [-0.05, 0) is 36.8 Å². The van der Waals surface area contributed by atoms with Gasteiger partial charge in [0.15, 0.2) is 0 Å². The van der Waals surface area contributed by atoms with Crippen molar-refractivity contribution >= 4 is 23.2 Å². The van der Waals surface area contributed by atoms with Crippen molar-refractivity contribution in [1.29, 1.82) is 0 Å². The number of ether oxygens (including phenoxy) is 2. The molecule has 0 aliphatic heterocycles. The first-order chi connectivity index (χ1) is 13.4. The number of benzene rings is 2. The number of nitrogens with zero attached hydrogens (tertiary/aromatic N) is 1. The number of rotatable bonds is 8. The van der Waals surface area contributed by atoms with Crippen LogP contribution in [0, 0.1) is 0 Å². The Balaban J connectivity index is 2.30. The van der Waals surface area contributed by atoms with Gasteiger partial charge >= 0.3 is 0 Å². The minimum atomic E-state index is -0.324. The van der Waals surface area contributed by atoms with Gasteiger partial charge < -0.3 is 25.0 Å². The van der Waals surface area contributed by atoms with Crippen LogP contribution in [0.2, 0.25) is 0 Å². The van der Waals surface area contributed by atoms with Crippen LogP contribution in [0.5, 0.6) is 11.5 Å². The third-order valence-electron chi connectivity index (χ3n) is 4.13. The van der Waals surface area contributed by atoms with E-state index in [1.165, 1.54) is 14.2 Å². The van der Waals surface area contributed by atoms with E-state index < -0.39 is 0 Å². The molecule has 0 aliphatic carbocycles. The number of nitrogens with one attached hydrogen (secondary N) is 2. The van der Waals surface area contributed by atoms with E-state index in [1.54, 1.807) is 30.3 Å². The minimum absolute atomic E-state index is 0.176. The van der Waals surface area contributed by atoms with Gasteiger partial charge in [0.25, 0.3) is 11.8 Å². The average Bonchev–Trinajstić information content (AvgIpc) is 2.71. The third-order valence-corrected chi connectivity index (χ3v) is 4.13. The van der Waals surface area contributed by atoms with E-state index in [0.717, 1.165) is 12.1 Å². The van der Waals surface area contributed by atoms with Crippen molar-refractivity contribution in [3.8, 4) is 11.5 Å². The highest BCUT2D eigenvalue weighted by Gasteiger charge is 2.16. The Morgan fingerprint density at radius 3 is 2.14 bits per heavy atom. The summed E-state index contributed by atoms with van der Waals surface area (Å²) in [5.74, 6) is 0.540. The van der Waals surface area contributed by atoms with E-state index in [4.69, 9.17) is 9.47 Å². The van der Waals surface area contributed by atoms with E-state index in [0.29, 0.717) is 34.9 Å². The summed E-state index contributed by atoms with van der Waals surface area (Å²) in [6.07, 6.45) is 0.844. The summed E-state index contributed by atoms with van der Waals surface area (Å²) < 4.78 is 10.4. The second-order valence-electron chi connectivity index (χ2n) is 6.44. The fourth-order valence-electron chi connectivity index (χ4n) is 2.66. The molecular formula is C21H27N3O4. The van der Waals surface area contributed by atoms with Gasteiger partial charge in [-0.3, -0.25) is 9.59 Å². The SMILES string of the molecule is CCCNC(=O)c1cc(NC(=O)c2cc(OC)cc(OC)c2)ccc1N(C)C. The molecule has 2 amide bonds. The zero-order valence-corrected chi connectivity index (χ0v) is 17.0. The lowest BCUT2D eigenvalue weighted by molar-refractivity contribution is 0.0952. The molecule has 2 aromatic rings. The molecule has 0 unspecified atom stereocenters. The van der Waals surface area contributed by atoms with E-state index in [1.807, 2.05) is 32.0 Å². The van der Waals surface area contributed by atoms with Crippen molar-refractivity contribution in [2.45, 2.75) is 13.3 Å². The van der Waals surface area contributed by atoms with Crippen LogP contribution in [0.25, 0.3) is 0 Å². The van der Waals surface area contributed by atoms with Crippen molar-refractivity contribution in [2.75, 3.05) is 45.1 Å². The molecule has 0 heterocycles. The van der Waals surface area contributed by atoms with Gasteiger partial charge in [0.1, 0.15) is 11.5 Å². The lowest BCUT2D eigenvalue weighted by atomic mass is 10.1. The molecule has 7 nitrogen and oxygen atoms in total. The zero-order valence-electron chi connectivity index (χ0n) is 17.0. The highest BCUT2D eigenvalue weighted by atomic mass is 16.5. The lowest BCUT2D eigenvalue weighted by Gasteiger charge is -2.18. The summed E-state index contributed by atoms with van der Waals surface area (Å²) in [7, 11) is 6.79. The van der Waals surface area contributed by atoms with Gasteiger partial charge in [0, 0.05) is 43.6 Å². The summed E-state index contributed by atoms with van der Waals surface area (Å²) in [4.78, 5) is 27.1. The Morgan fingerprint density at radius 1 is 0.964 bits per heavy atom. The first-order valence-corrected chi connectivity index (χ1v) is 9.03. The molecule has 0 bridgehead atoms. The number of anilines is 2. The summed E-state index contributed by atoms with van der Waals surface area (Å²) in [5, 5.41) is 5.70. The molecule has 2 aromatic carbocycles. The first-order valence-electron chi connectivity index (χ1n) is 9.03. The van der Waals surface area contributed by atoms with Gasteiger partial charge in [-0.1, -0.05) is 6.92 Å². The molecule has 0 fully saturated rings. The van der Waals surface area contributed by atoms with E-state index in [9.17, 15) is 9.59 Å². The molecule has 0 saturated heterocycles. The Bertz CT molecular complexity index is 827. The maximum Gasteiger partial charge on any atom is 0.255 e. The van der Waals surface area contributed by atoms with E-state index in [-0.39, 0.29) is 11.8 Å². The second-order valence-corrected chi connectivity index (χ2v) is 6.44. The van der Waals surface area contributed by atoms with Crippen LogP contribution in [0.3, 0.4) is 0 Å². The fourth-order valence-corrected chi connectivity index (χ4v) is 2.66. The number of hydrogen-bond donors (Lipinski definition) is 2. The summed E-state index contributed by atoms with van der Waals surface area (Å²) in [6.45, 7) is 2.58. The van der Waals surface area contributed by atoms with Crippen molar-refractivity contribution in [1.82, 2.24) is 5.32 Å². The molecule has 0 spiro atoms. The molecule has 0 saturated carbocycles. The molecule has 0 aliphatic rings. The Labute approximate surface area is 165 Å².